The minimum atomic E-state index is 0.473. The van der Waals surface area contributed by atoms with Crippen molar-refractivity contribution in [3.8, 4) is 0 Å². The van der Waals surface area contributed by atoms with Crippen LogP contribution < -0.4 is 10.6 Å². The topological polar surface area (TPSA) is 51.4 Å². The first-order valence-corrected chi connectivity index (χ1v) is 6.36. The van der Waals surface area contributed by atoms with Gasteiger partial charge in [-0.2, -0.15) is 0 Å². The largest absolute Gasteiger partial charge is 0.396 e. The molecule has 1 aromatic heterocycles. The molecule has 2 bridgehead atoms. The molecule has 0 aromatic carbocycles. The van der Waals surface area contributed by atoms with E-state index < -0.39 is 0 Å². The van der Waals surface area contributed by atoms with Crippen molar-refractivity contribution >= 4 is 11.5 Å². The number of nitrogens with two attached hydrogens (primary N) is 1. The summed E-state index contributed by atoms with van der Waals surface area (Å²) in [7, 11) is 0. The van der Waals surface area contributed by atoms with Gasteiger partial charge in [0.05, 0.1) is 11.8 Å². The molecule has 4 nitrogen and oxygen atoms in total. The summed E-state index contributed by atoms with van der Waals surface area (Å²) in [5.74, 6) is 2.27. The fourth-order valence-electron chi connectivity index (χ4n) is 3.15. The van der Waals surface area contributed by atoms with Crippen molar-refractivity contribution < 1.29 is 4.74 Å². The van der Waals surface area contributed by atoms with Gasteiger partial charge in [-0.15, -0.1) is 0 Å². The molecule has 17 heavy (non-hydrogen) atoms. The van der Waals surface area contributed by atoms with Crippen LogP contribution in [-0.4, -0.2) is 30.8 Å². The Bertz CT molecular complexity index is 397. The van der Waals surface area contributed by atoms with Gasteiger partial charge in [0.2, 0.25) is 0 Å². The van der Waals surface area contributed by atoms with Crippen molar-refractivity contribution in [3.63, 3.8) is 0 Å². The van der Waals surface area contributed by atoms with E-state index in [-0.39, 0.29) is 0 Å². The van der Waals surface area contributed by atoms with Gasteiger partial charge in [-0.25, -0.2) is 4.98 Å². The van der Waals surface area contributed by atoms with Gasteiger partial charge in [0.1, 0.15) is 0 Å². The Hall–Kier alpha value is -1.29. The van der Waals surface area contributed by atoms with Gasteiger partial charge < -0.3 is 15.4 Å². The number of rotatable bonds is 3. The van der Waals surface area contributed by atoms with Gasteiger partial charge in [0.15, 0.2) is 5.82 Å². The normalized spacial score (nSPS) is 31.1. The highest BCUT2D eigenvalue weighted by Gasteiger charge is 2.47. The van der Waals surface area contributed by atoms with Crippen molar-refractivity contribution in [3.05, 3.63) is 18.3 Å². The van der Waals surface area contributed by atoms with E-state index in [1.165, 1.54) is 6.42 Å². The molecule has 1 saturated carbocycles. The van der Waals surface area contributed by atoms with Crippen LogP contribution in [0.15, 0.2) is 18.3 Å². The molecule has 2 unspecified atom stereocenters. The number of nitrogen functional groups attached to an aromatic ring is 1. The third-order valence-corrected chi connectivity index (χ3v) is 3.92. The van der Waals surface area contributed by atoms with Crippen LogP contribution >= 0.6 is 0 Å². The molecule has 3 fully saturated rings. The first kappa shape index (κ1) is 10.8. The van der Waals surface area contributed by atoms with E-state index in [1.807, 2.05) is 18.3 Å². The number of ether oxygens (including phenoxy) is 1. The van der Waals surface area contributed by atoms with Crippen LogP contribution in [0, 0.1) is 11.8 Å². The van der Waals surface area contributed by atoms with Crippen molar-refractivity contribution in [2.75, 3.05) is 30.3 Å². The predicted octanol–water partition coefficient (Wildman–Crippen LogP) is 1.53. The summed E-state index contributed by atoms with van der Waals surface area (Å²) in [6.07, 6.45) is 3.58. The first-order valence-electron chi connectivity index (χ1n) is 6.36. The number of piperidine rings is 2. The second-order valence-electron chi connectivity index (χ2n) is 5.00. The highest BCUT2D eigenvalue weighted by Crippen LogP contribution is 2.43. The molecule has 1 aromatic rings. The van der Waals surface area contributed by atoms with E-state index >= 15 is 0 Å². The SMILES string of the molecule is CCOC1C2CC1CN(c1ncccc1N)C2. The Kier molecular flexibility index (Phi) is 2.67. The number of aromatic nitrogens is 1. The highest BCUT2D eigenvalue weighted by molar-refractivity contribution is 5.62. The number of nitrogens with zero attached hydrogens (tertiary/aromatic N) is 2. The maximum atomic E-state index is 5.97. The van der Waals surface area contributed by atoms with Crippen molar-refractivity contribution in [1.29, 1.82) is 0 Å². The third kappa shape index (κ3) is 1.76. The molecule has 3 heterocycles. The third-order valence-electron chi connectivity index (χ3n) is 3.92. The van der Waals surface area contributed by atoms with Gasteiger partial charge in [-0.1, -0.05) is 0 Å². The quantitative estimate of drug-likeness (QED) is 0.860. The van der Waals surface area contributed by atoms with Gasteiger partial charge in [0, 0.05) is 37.7 Å². The molecular weight excluding hydrogens is 214 g/mol. The molecule has 3 aliphatic rings. The summed E-state index contributed by atoms with van der Waals surface area (Å²) in [5.41, 5.74) is 6.75. The standard InChI is InChI=1S/C13H19N3O/c1-2-17-12-9-6-10(12)8-16(7-9)13-11(14)4-3-5-15-13/h3-5,9-10,12H,2,6-8,14H2,1H3. The lowest BCUT2D eigenvalue weighted by Crippen LogP contribution is -2.59. The molecule has 0 radical (unpaired) electrons. The Morgan fingerprint density at radius 1 is 1.47 bits per heavy atom. The van der Waals surface area contributed by atoms with Crippen molar-refractivity contribution in [1.82, 2.24) is 4.98 Å². The van der Waals surface area contributed by atoms with Crippen LogP contribution in [0.4, 0.5) is 11.5 Å². The fourth-order valence-corrected chi connectivity index (χ4v) is 3.15. The van der Waals surface area contributed by atoms with Crippen LogP contribution in [0.3, 0.4) is 0 Å². The van der Waals surface area contributed by atoms with Gasteiger partial charge >= 0.3 is 0 Å². The Morgan fingerprint density at radius 3 is 2.88 bits per heavy atom. The van der Waals surface area contributed by atoms with Crippen LogP contribution in [0.2, 0.25) is 0 Å². The molecule has 0 spiro atoms. The number of hydrogen-bond acceptors (Lipinski definition) is 4. The van der Waals surface area contributed by atoms with Crippen LogP contribution in [0.25, 0.3) is 0 Å². The molecule has 0 amide bonds. The van der Waals surface area contributed by atoms with Crippen LogP contribution in [0.1, 0.15) is 13.3 Å². The summed E-state index contributed by atoms with van der Waals surface area (Å²) >= 11 is 0. The lowest BCUT2D eigenvalue weighted by molar-refractivity contribution is -0.0996. The maximum Gasteiger partial charge on any atom is 0.151 e. The minimum absolute atomic E-state index is 0.473. The highest BCUT2D eigenvalue weighted by atomic mass is 16.5. The number of pyridine rings is 1. The first-order chi connectivity index (χ1) is 8.29. The van der Waals surface area contributed by atoms with E-state index in [4.69, 9.17) is 10.5 Å². The van der Waals surface area contributed by atoms with E-state index in [9.17, 15) is 0 Å². The van der Waals surface area contributed by atoms with E-state index in [2.05, 4.69) is 16.8 Å². The van der Waals surface area contributed by atoms with Crippen LogP contribution in [0.5, 0.6) is 0 Å². The Labute approximate surface area is 102 Å². The summed E-state index contributed by atoms with van der Waals surface area (Å²) < 4.78 is 5.78. The zero-order chi connectivity index (χ0) is 11.8. The monoisotopic (exact) mass is 233 g/mol. The summed E-state index contributed by atoms with van der Waals surface area (Å²) in [6.45, 7) is 4.96. The summed E-state index contributed by atoms with van der Waals surface area (Å²) in [4.78, 5) is 6.70. The molecule has 1 aliphatic carbocycles. The van der Waals surface area contributed by atoms with Crippen LogP contribution in [-0.2, 0) is 4.74 Å². The fraction of sp³-hybridized carbons (Fsp3) is 0.615. The number of anilines is 2. The van der Waals surface area contributed by atoms with E-state index in [0.29, 0.717) is 17.9 Å². The molecule has 2 aliphatic heterocycles. The van der Waals surface area contributed by atoms with Gasteiger partial charge in [0.25, 0.3) is 0 Å². The molecule has 2 N–H and O–H groups in total. The zero-order valence-corrected chi connectivity index (χ0v) is 10.2. The number of hydrogen-bond donors (Lipinski definition) is 1. The predicted molar refractivity (Wildman–Crippen MR) is 67.9 cm³/mol. The summed E-state index contributed by atoms with van der Waals surface area (Å²) in [6, 6.07) is 3.80. The Morgan fingerprint density at radius 2 is 2.24 bits per heavy atom. The minimum Gasteiger partial charge on any atom is -0.396 e. The average Bonchev–Trinajstić information content (AvgIpc) is 2.36. The molecule has 2 saturated heterocycles. The molecule has 4 heteroatoms. The molecule has 4 rings (SSSR count). The zero-order valence-electron chi connectivity index (χ0n) is 10.2. The maximum absolute atomic E-state index is 5.97. The summed E-state index contributed by atoms with van der Waals surface area (Å²) in [5, 5.41) is 0. The lowest BCUT2D eigenvalue weighted by atomic mass is 9.68. The number of fused-ring (bicyclic) bond motifs is 2. The van der Waals surface area contributed by atoms with Gasteiger partial charge in [-0.3, -0.25) is 0 Å². The molecule has 92 valence electrons. The molecular formula is C13H19N3O. The van der Waals surface area contributed by atoms with Gasteiger partial charge in [-0.05, 0) is 25.5 Å². The smallest absolute Gasteiger partial charge is 0.151 e. The van der Waals surface area contributed by atoms with Crippen molar-refractivity contribution in [2.24, 2.45) is 11.8 Å². The molecule has 2 atom stereocenters. The average molecular weight is 233 g/mol. The second-order valence-corrected chi connectivity index (χ2v) is 5.00. The van der Waals surface area contributed by atoms with Crippen molar-refractivity contribution in [2.45, 2.75) is 19.4 Å². The second kappa shape index (κ2) is 4.18. The van der Waals surface area contributed by atoms with E-state index in [0.717, 1.165) is 31.2 Å². The van der Waals surface area contributed by atoms with E-state index in [1.54, 1.807) is 0 Å². The Balaban J connectivity index is 1.72. The lowest BCUT2D eigenvalue weighted by Gasteiger charge is -2.53.